The van der Waals surface area contributed by atoms with Gasteiger partial charge in [0.15, 0.2) is 0 Å². The molecule has 0 aromatic rings. The third-order valence-corrected chi connectivity index (χ3v) is 3.04. The Bertz CT molecular complexity index is 208. The maximum Gasteiger partial charge on any atom is 0.136 e. The number of allylic oxidation sites excluding steroid dienone is 2. The molecule has 1 fully saturated rings. The summed E-state index contributed by atoms with van der Waals surface area (Å²) in [5.41, 5.74) is 0. The molecule has 0 spiro atoms. The maximum atomic E-state index is 11.5. The van der Waals surface area contributed by atoms with E-state index in [1.165, 1.54) is 0 Å². The fraction of sp³-hybridized carbons (Fsp3) is 0.750. The molecule has 0 bridgehead atoms. The molecule has 1 saturated carbocycles. The van der Waals surface area contributed by atoms with Crippen molar-refractivity contribution in [2.24, 2.45) is 11.8 Å². The summed E-state index contributed by atoms with van der Waals surface area (Å²) in [6.07, 6.45) is 8.61. The fourth-order valence-corrected chi connectivity index (χ4v) is 2.22. The van der Waals surface area contributed by atoms with Crippen LogP contribution >= 0.6 is 0 Å². The highest BCUT2D eigenvalue weighted by molar-refractivity contribution is 5.83. The van der Waals surface area contributed by atoms with E-state index in [-0.39, 0.29) is 12.5 Å². The molecular weight excluding hydrogens is 176 g/mol. The van der Waals surface area contributed by atoms with Gasteiger partial charge in [-0.15, -0.1) is 0 Å². The van der Waals surface area contributed by atoms with E-state index >= 15 is 0 Å². The Morgan fingerprint density at radius 1 is 1.50 bits per heavy atom. The summed E-state index contributed by atoms with van der Waals surface area (Å²) in [6, 6.07) is 0. The van der Waals surface area contributed by atoms with Gasteiger partial charge in [0, 0.05) is 18.9 Å². The molecule has 14 heavy (non-hydrogen) atoms. The van der Waals surface area contributed by atoms with Crippen molar-refractivity contribution in [1.29, 1.82) is 0 Å². The second-order valence-electron chi connectivity index (χ2n) is 4.00. The smallest absolute Gasteiger partial charge is 0.136 e. The molecular formula is C12H20O2. The van der Waals surface area contributed by atoms with E-state index in [2.05, 4.69) is 19.1 Å². The largest absolute Gasteiger partial charge is 0.396 e. The molecule has 0 aromatic carbocycles. The highest BCUT2D eigenvalue weighted by atomic mass is 16.3. The number of carbonyl (C=O) groups excluding carboxylic acids is 1. The molecule has 0 aliphatic heterocycles. The average molecular weight is 196 g/mol. The minimum absolute atomic E-state index is 0.185. The standard InChI is InChI=1S/C12H20O2/c1-2-3-4-5-11-10(8-9-13)6-7-12(11)14/h3-4,10-11,13H,2,5-9H2,1H3/b4-3-. The van der Waals surface area contributed by atoms with Gasteiger partial charge < -0.3 is 5.11 Å². The second kappa shape index (κ2) is 5.97. The van der Waals surface area contributed by atoms with Crippen molar-refractivity contribution in [3.05, 3.63) is 12.2 Å². The van der Waals surface area contributed by atoms with Gasteiger partial charge in [-0.25, -0.2) is 0 Å². The molecule has 2 unspecified atom stereocenters. The third kappa shape index (κ3) is 2.95. The van der Waals surface area contributed by atoms with E-state index in [0.29, 0.717) is 11.7 Å². The topological polar surface area (TPSA) is 37.3 Å². The minimum Gasteiger partial charge on any atom is -0.396 e. The summed E-state index contributed by atoms with van der Waals surface area (Å²) in [7, 11) is 0. The molecule has 2 nitrogen and oxygen atoms in total. The zero-order chi connectivity index (χ0) is 10.4. The average Bonchev–Trinajstić information content (AvgIpc) is 2.50. The van der Waals surface area contributed by atoms with Gasteiger partial charge >= 0.3 is 0 Å². The Morgan fingerprint density at radius 2 is 2.29 bits per heavy atom. The molecule has 1 rings (SSSR count). The molecule has 0 radical (unpaired) electrons. The normalized spacial score (nSPS) is 27.7. The summed E-state index contributed by atoms with van der Waals surface area (Å²) in [6.45, 7) is 2.31. The lowest BCUT2D eigenvalue weighted by Gasteiger charge is -2.15. The van der Waals surface area contributed by atoms with E-state index in [9.17, 15) is 4.79 Å². The van der Waals surface area contributed by atoms with Gasteiger partial charge in [0.25, 0.3) is 0 Å². The van der Waals surface area contributed by atoms with Crippen LogP contribution in [0.4, 0.5) is 0 Å². The number of rotatable bonds is 5. The van der Waals surface area contributed by atoms with Crippen molar-refractivity contribution in [3.8, 4) is 0 Å². The summed E-state index contributed by atoms with van der Waals surface area (Å²) < 4.78 is 0. The predicted octanol–water partition coefficient (Wildman–Crippen LogP) is 2.32. The SMILES string of the molecule is CC/C=C\CC1C(=O)CCC1CCO. The molecule has 0 amide bonds. The van der Waals surface area contributed by atoms with Gasteiger partial charge in [0.05, 0.1) is 0 Å². The number of ketones is 1. The van der Waals surface area contributed by atoms with E-state index in [1.807, 2.05) is 0 Å². The van der Waals surface area contributed by atoms with E-state index in [1.54, 1.807) is 0 Å². The van der Waals surface area contributed by atoms with Crippen LogP contribution in [-0.2, 0) is 4.79 Å². The van der Waals surface area contributed by atoms with E-state index < -0.39 is 0 Å². The first-order chi connectivity index (χ1) is 6.79. The zero-order valence-electron chi connectivity index (χ0n) is 8.91. The zero-order valence-corrected chi connectivity index (χ0v) is 8.91. The van der Waals surface area contributed by atoms with Crippen molar-refractivity contribution in [1.82, 2.24) is 0 Å². The first-order valence-corrected chi connectivity index (χ1v) is 5.58. The van der Waals surface area contributed by atoms with Crippen LogP contribution in [0.3, 0.4) is 0 Å². The van der Waals surface area contributed by atoms with Crippen LogP contribution in [0.5, 0.6) is 0 Å². The van der Waals surface area contributed by atoms with Crippen LogP contribution in [0, 0.1) is 11.8 Å². The summed E-state index contributed by atoms with van der Waals surface area (Å²) >= 11 is 0. The molecule has 0 saturated heterocycles. The summed E-state index contributed by atoms with van der Waals surface area (Å²) in [5, 5.41) is 8.87. The van der Waals surface area contributed by atoms with Crippen LogP contribution in [0.15, 0.2) is 12.2 Å². The van der Waals surface area contributed by atoms with Gasteiger partial charge in [-0.05, 0) is 31.6 Å². The van der Waals surface area contributed by atoms with Crippen LogP contribution in [0.1, 0.15) is 39.0 Å². The molecule has 0 aromatic heterocycles. The van der Waals surface area contributed by atoms with Gasteiger partial charge in [0.2, 0.25) is 0 Å². The first-order valence-electron chi connectivity index (χ1n) is 5.58. The first kappa shape index (κ1) is 11.4. The number of Topliss-reactive ketones (excluding diaryl/α,β-unsaturated/α-hetero) is 1. The molecule has 2 heteroatoms. The molecule has 2 atom stereocenters. The lowest BCUT2D eigenvalue weighted by molar-refractivity contribution is -0.121. The highest BCUT2D eigenvalue weighted by Crippen LogP contribution is 2.33. The maximum absolute atomic E-state index is 11.5. The molecule has 0 heterocycles. The van der Waals surface area contributed by atoms with Crippen LogP contribution in [-0.4, -0.2) is 17.5 Å². The van der Waals surface area contributed by atoms with Gasteiger partial charge in [-0.1, -0.05) is 19.1 Å². The van der Waals surface area contributed by atoms with E-state index in [0.717, 1.165) is 32.1 Å². The van der Waals surface area contributed by atoms with E-state index in [4.69, 9.17) is 5.11 Å². The lowest BCUT2D eigenvalue weighted by atomic mass is 9.90. The Hall–Kier alpha value is -0.630. The minimum atomic E-state index is 0.185. The van der Waals surface area contributed by atoms with Gasteiger partial charge in [-0.3, -0.25) is 4.79 Å². The highest BCUT2D eigenvalue weighted by Gasteiger charge is 2.32. The van der Waals surface area contributed by atoms with Crippen molar-refractivity contribution >= 4 is 5.78 Å². The van der Waals surface area contributed by atoms with Crippen LogP contribution < -0.4 is 0 Å². The molecule has 1 N–H and O–H groups in total. The molecule has 1 aliphatic carbocycles. The van der Waals surface area contributed by atoms with Crippen molar-refractivity contribution in [2.75, 3.05) is 6.61 Å². The van der Waals surface area contributed by atoms with Crippen LogP contribution in [0.2, 0.25) is 0 Å². The van der Waals surface area contributed by atoms with Gasteiger partial charge in [0.1, 0.15) is 5.78 Å². The number of aliphatic hydroxyl groups is 1. The number of carbonyl (C=O) groups is 1. The van der Waals surface area contributed by atoms with Crippen LogP contribution in [0.25, 0.3) is 0 Å². The second-order valence-corrected chi connectivity index (χ2v) is 4.00. The third-order valence-electron chi connectivity index (χ3n) is 3.04. The monoisotopic (exact) mass is 196 g/mol. The summed E-state index contributed by atoms with van der Waals surface area (Å²) in [4.78, 5) is 11.5. The van der Waals surface area contributed by atoms with Crippen molar-refractivity contribution in [2.45, 2.75) is 39.0 Å². The van der Waals surface area contributed by atoms with Gasteiger partial charge in [-0.2, -0.15) is 0 Å². The predicted molar refractivity (Wildman–Crippen MR) is 57.0 cm³/mol. The molecule has 1 aliphatic rings. The quantitative estimate of drug-likeness (QED) is 0.685. The number of hydrogen-bond donors (Lipinski definition) is 1. The number of aliphatic hydroxyl groups excluding tert-OH is 1. The summed E-state index contributed by atoms with van der Waals surface area (Å²) in [5.74, 6) is 1.00. The Balaban J connectivity index is 2.44. The lowest BCUT2D eigenvalue weighted by Crippen LogP contribution is -2.15. The Morgan fingerprint density at radius 3 is 2.93 bits per heavy atom. The van der Waals surface area contributed by atoms with Crippen molar-refractivity contribution < 1.29 is 9.90 Å². The van der Waals surface area contributed by atoms with Crippen molar-refractivity contribution in [3.63, 3.8) is 0 Å². The Labute approximate surface area is 86.0 Å². The number of hydrogen-bond acceptors (Lipinski definition) is 2. The molecule has 80 valence electrons. The fourth-order valence-electron chi connectivity index (χ4n) is 2.22. The Kier molecular flexibility index (Phi) is 4.88.